The van der Waals surface area contributed by atoms with E-state index in [0.29, 0.717) is 18.7 Å². The van der Waals surface area contributed by atoms with Crippen molar-refractivity contribution in [1.29, 1.82) is 0 Å². The topological polar surface area (TPSA) is 57.8 Å². The van der Waals surface area contributed by atoms with Gasteiger partial charge in [0.1, 0.15) is 11.5 Å². The van der Waals surface area contributed by atoms with E-state index in [-0.39, 0.29) is 11.7 Å². The van der Waals surface area contributed by atoms with Crippen LogP contribution in [0.15, 0.2) is 84.9 Å². The summed E-state index contributed by atoms with van der Waals surface area (Å²) in [5.41, 5.74) is 4.94. The van der Waals surface area contributed by atoms with Gasteiger partial charge in [-0.2, -0.15) is 0 Å². The number of carbonyl (C=O) groups is 1. The zero-order valence-corrected chi connectivity index (χ0v) is 16.7. The van der Waals surface area contributed by atoms with Crippen molar-refractivity contribution in [2.45, 2.75) is 6.42 Å². The maximum absolute atomic E-state index is 13.1. The Hall–Kier alpha value is -3.99. The lowest BCUT2D eigenvalue weighted by Crippen LogP contribution is -2.26. The predicted octanol–water partition coefficient (Wildman–Crippen LogP) is 5.49. The number of aromatic nitrogens is 2. The molecule has 0 bridgehead atoms. The minimum absolute atomic E-state index is 0.230. The molecule has 2 heterocycles. The van der Waals surface area contributed by atoms with Gasteiger partial charge in [-0.05, 0) is 36.2 Å². The van der Waals surface area contributed by atoms with Gasteiger partial charge < -0.3 is 10.3 Å². The number of amides is 1. The first-order valence-electron chi connectivity index (χ1n) is 10.2. The van der Waals surface area contributed by atoms with Crippen LogP contribution in [0.1, 0.15) is 16.1 Å². The number of benzene rings is 3. The summed E-state index contributed by atoms with van der Waals surface area (Å²) in [4.78, 5) is 21.1. The lowest BCUT2D eigenvalue weighted by molar-refractivity contribution is 0.0949. The number of rotatable bonds is 5. The van der Waals surface area contributed by atoms with Gasteiger partial charge in [-0.1, -0.05) is 60.7 Å². The standard InChI is InChI=1S/C26H20FN3O/c27-19-12-10-17(11-13-19)14-15-28-26(31)23-16-21-20-8-4-5-9-22(20)29-25(21)24(30-23)18-6-2-1-3-7-18/h1-13,16,29H,14-15H2,(H,28,31). The minimum Gasteiger partial charge on any atom is -0.353 e. The Morgan fingerprint density at radius 1 is 0.903 bits per heavy atom. The van der Waals surface area contributed by atoms with Crippen molar-refractivity contribution in [3.05, 3.63) is 102 Å². The SMILES string of the molecule is O=C(NCCc1ccc(F)cc1)c1cc2c([nH]c3ccccc32)c(-c2ccccc2)n1. The van der Waals surface area contributed by atoms with Crippen molar-refractivity contribution in [3.63, 3.8) is 0 Å². The van der Waals surface area contributed by atoms with Crippen LogP contribution in [-0.4, -0.2) is 22.4 Å². The molecule has 0 aliphatic rings. The summed E-state index contributed by atoms with van der Waals surface area (Å²) in [7, 11) is 0. The first-order chi connectivity index (χ1) is 15.2. The second-order valence-corrected chi connectivity index (χ2v) is 7.45. The van der Waals surface area contributed by atoms with Gasteiger partial charge in [0.25, 0.3) is 5.91 Å². The molecule has 0 aliphatic heterocycles. The van der Waals surface area contributed by atoms with Crippen molar-refractivity contribution in [1.82, 2.24) is 15.3 Å². The number of H-pyrrole nitrogens is 1. The molecule has 0 unspecified atom stereocenters. The van der Waals surface area contributed by atoms with E-state index in [0.717, 1.165) is 38.6 Å². The van der Waals surface area contributed by atoms with Gasteiger partial charge in [-0.15, -0.1) is 0 Å². The van der Waals surface area contributed by atoms with Crippen molar-refractivity contribution in [2.75, 3.05) is 6.54 Å². The summed E-state index contributed by atoms with van der Waals surface area (Å²) < 4.78 is 13.1. The van der Waals surface area contributed by atoms with Crippen LogP contribution >= 0.6 is 0 Å². The zero-order chi connectivity index (χ0) is 21.2. The van der Waals surface area contributed by atoms with Crippen molar-refractivity contribution < 1.29 is 9.18 Å². The zero-order valence-electron chi connectivity index (χ0n) is 16.7. The van der Waals surface area contributed by atoms with Gasteiger partial charge in [0, 0.05) is 28.4 Å². The van der Waals surface area contributed by atoms with Crippen molar-refractivity contribution in [2.24, 2.45) is 0 Å². The fourth-order valence-corrected chi connectivity index (χ4v) is 3.83. The molecule has 1 amide bonds. The molecule has 2 aromatic heterocycles. The van der Waals surface area contributed by atoms with E-state index in [4.69, 9.17) is 4.98 Å². The molecule has 5 aromatic rings. The third kappa shape index (κ3) is 3.78. The Labute approximate surface area is 178 Å². The summed E-state index contributed by atoms with van der Waals surface area (Å²) in [6.07, 6.45) is 0.618. The smallest absolute Gasteiger partial charge is 0.269 e. The Morgan fingerprint density at radius 2 is 1.65 bits per heavy atom. The number of para-hydroxylation sites is 1. The summed E-state index contributed by atoms with van der Waals surface area (Å²) >= 11 is 0. The van der Waals surface area contributed by atoms with E-state index in [2.05, 4.69) is 10.3 Å². The maximum atomic E-state index is 13.1. The van der Waals surface area contributed by atoms with E-state index in [9.17, 15) is 9.18 Å². The third-order valence-corrected chi connectivity index (χ3v) is 5.39. The summed E-state index contributed by atoms with van der Waals surface area (Å²) in [5.74, 6) is -0.496. The van der Waals surface area contributed by atoms with Gasteiger partial charge >= 0.3 is 0 Å². The number of nitrogens with zero attached hydrogens (tertiary/aromatic N) is 1. The Morgan fingerprint density at radius 3 is 2.45 bits per heavy atom. The molecule has 0 radical (unpaired) electrons. The molecule has 152 valence electrons. The largest absolute Gasteiger partial charge is 0.353 e. The number of nitrogens with one attached hydrogen (secondary N) is 2. The highest BCUT2D eigenvalue weighted by Gasteiger charge is 2.16. The molecular formula is C26H20FN3O. The molecule has 0 atom stereocenters. The van der Waals surface area contributed by atoms with Crippen LogP contribution in [0.25, 0.3) is 33.1 Å². The van der Waals surface area contributed by atoms with Gasteiger partial charge in [-0.25, -0.2) is 9.37 Å². The average Bonchev–Trinajstić information content (AvgIpc) is 3.19. The molecule has 0 spiro atoms. The number of hydrogen-bond donors (Lipinski definition) is 2. The van der Waals surface area contributed by atoms with E-state index in [1.807, 2.05) is 60.7 Å². The average molecular weight is 409 g/mol. The van der Waals surface area contributed by atoms with E-state index >= 15 is 0 Å². The molecule has 0 saturated carbocycles. The number of pyridine rings is 1. The number of fused-ring (bicyclic) bond motifs is 3. The number of halogens is 1. The van der Waals surface area contributed by atoms with Crippen molar-refractivity contribution >= 4 is 27.7 Å². The second kappa shape index (κ2) is 8.03. The second-order valence-electron chi connectivity index (χ2n) is 7.45. The first kappa shape index (κ1) is 19.0. The van der Waals surface area contributed by atoms with E-state index in [1.165, 1.54) is 12.1 Å². The van der Waals surface area contributed by atoms with Crippen LogP contribution in [0.2, 0.25) is 0 Å². The molecule has 5 rings (SSSR count). The van der Waals surface area contributed by atoms with Gasteiger partial charge in [0.15, 0.2) is 0 Å². The minimum atomic E-state index is -0.266. The molecule has 5 heteroatoms. The van der Waals surface area contributed by atoms with Gasteiger partial charge in [0.2, 0.25) is 0 Å². The Bertz CT molecular complexity index is 1380. The van der Waals surface area contributed by atoms with Gasteiger partial charge in [0.05, 0.1) is 11.2 Å². The van der Waals surface area contributed by atoms with Crippen LogP contribution in [0.4, 0.5) is 4.39 Å². The Kier molecular flexibility index (Phi) is 4.92. The highest BCUT2D eigenvalue weighted by molar-refractivity contribution is 6.13. The highest BCUT2D eigenvalue weighted by atomic mass is 19.1. The van der Waals surface area contributed by atoms with Crippen LogP contribution in [0.3, 0.4) is 0 Å². The molecule has 31 heavy (non-hydrogen) atoms. The Balaban J connectivity index is 1.50. The van der Waals surface area contributed by atoms with Crippen LogP contribution in [0.5, 0.6) is 0 Å². The maximum Gasteiger partial charge on any atom is 0.269 e. The predicted molar refractivity (Wildman–Crippen MR) is 121 cm³/mol. The summed E-state index contributed by atoms with van der Waals surface area (Å²) in [6.45, 7) is 0.443. The fourth-order valence-electron chi connectivity index (χ4n) is 3.83. The highest BCUT2D eigenvalue weighted by Crippen LogP contribution is 2.32. The monoisotopic (exact) mass is 409 g/mol. The van der Waals surface area contributed by atoms with E-state index < -0.39 is 0 Å². The molecule has 0 fully saturated rings. The van der Waals surface area contributed by atoms with Crippen molar-refractivity contribution in [3.8, 4) is 11.3 Å². The molecule has 0 saturated heterocycles. The van der Waals surface area contributed by atoms with Gasteiger partial charge in [-0.3, -0.25) is 4.79 Å². The number of aromatic amines is 1. The fraction of sp³-hybridized carbons (Fsp3) is 0.0769. The molecule has 0 aliphatic carbocycles. The number of hydrogen-bond acceptors (Lipinski definition) is 2. The quantitative estimate of drug-likeness (QED) is 0.403. The van der Waals surface area contributed by atoms with E-state index in [1.54, 1.807) is 12.1 Å². The summed E-state index contributed by atoms with van der Waals surface area (Å²) in [5, 5.41) is 4.96. The molecule has 3 aromatic carbocycles. The summed E-state index contributed by atoms with van der Waals surface area (Å²) in [6, 6.07) is 26.0. The lowest BCUT2D eigenvalue weighted by Gasteiger charge is -2.09. The third-order valence-electron chi connectivity index (χ3n) is 5.39. The van der Waals surface area contributed by atoms with Crippen LogP contribution in [0, 0.1) is 5.82 Å². The van der Waals surface area contributed by atoms with Crippen LogP contribution < -0.4 is 5.32 Å². The number of carbonyl (C=O) groups excluding carboxylic acids is 1. The normalized spacial score (nSPS) is 11.1. The van der Waals surface area contributed by atoms with Crippen LogP contribution in [-0.2, 0) is 6.42 Å². The first-order valence-corrected chi connectivity index (χ1v) is 10.2. The molecule has 2 N–H and O–H groups in total. The molecular weight excluding hydrogens is 389 g/mol. The lowest BCUT2D eigenvalue weighted by atomic mass is 10.1. The molecule has 4 nitrogen and oxygen atoms in total.